The molecule has 1 aliphatic heterocycles. The van der Waals surface area contributed by atoms with E-state index in [0.29, 0.717) is 28.1 Å². The lowest BCUT2D eigenvalue weighted by molar-refractivity contribution is 0.320. The maximum absolute atomic E-state index is 9.40. The Morgan fingerprint density at radius 2 is 1.42 bits per heavy atom. The fraction of sp³-hybridized carbons (Fsp3) is 0.0952. The predicted molar refractivity (Wildman–Crippen MR) is 105 cm³/mol. The Bertz CT molecular complexity index is 946. The molecule has 130 valence electrons. The van der Waals surface area contributed by atoms with Crippen molar-refractivity contribution >= 4 is 29.1 Å². The van der Waals surface area contributed by atoms with E-state index >= 15 is 0 Å². The first-order valence-electron chi connectivity index (χ1n) is 8.16. The average molecular weight is 384 g/mol. The summed E-state index contributed by atoms with van der Waals surface area (Å²) < 4.78 is 5.75. The third-order valence-electron chi connectivity index (χ3n) is 4.32. The largest absolute Gasteiger partial charge is 0.508 e. The lowest BCUT2D eigenvalue weighted by Gasteiger charge is -2.07. The predicted octanol–water partition coefficient (Wildman–Crippen LogP) is 5.88. The fourth-order valence-corrected chi connectivity index (χ4v) is 3.49. The highest BCUT2D eigenvalue weighted by Gasteiger charge is 2.24. The first-order valence-corrected chi connectivity index (χ1v) is 8.92. The van der Waals surface area contributed by atoms with Gasteiger partial charge in [0.25, 0.3) is 0 Å². The maximum atomic E-state index is 9.40. The van der Waals surface area contributed by atoms with Crippen molar-refractivity contribution in [1.82, 2.24) is 0 Å². The molecule has 26 heavy (non-hydrogen) atoms. The number of ether oxygens (including phenoxy) is 1. The van der Waals surface area contributed by atoms with E-state index in [1.54, 1.807) is 30.3 Å². The Hall–Kier alpha value is -2.49. The fourth-order valence-electron chi connectivity index (χ4n) is 2.94. The Morgan fingerprint density at radius 3 is 2.04 bits per heavy atom. The molecule has 1 aliphatic rings. The van der Waals surface area contributed by atoms with Crippen LogP contribution in [0.1, 0.15) is 17.2 Å². The van der Waals surface area contributed by atoms with Gasteiger partial charge in [-0.15, -0.1) is 0 Å². The van der Waals surface area contributed by atoms with Crippen LogP contribution >= 0.6 is 23.2 Å². The van der Waals surface area contributed by atoms with Gasteiger partial charge in [0.05, 0.1) is 15.6 Å². The van der Waals surface area contributed by atoms with Crippen molar-refractivity contribution in [1.29, 1.82) is 0 Å². The van der Waals surface area contributed by atoms with Crippen LogP contribution in [0.5, 0.6) is 5.75 Å². The second-order valence-electron chi connectivity index (χ2n) is 6.03. The van der Waals surface area contributed by atoms with Crippen molar-refractivity contribution in [2.45, 2.75) is 6.04 Å². The van der Waals surface area contributed by atoms with Crippen molar-refractivity contribution in [3.05, 3.63) is 87.9 Å². The first-order chi connectivity index (χ1) is 12.6. The maximum Gasteiger partial charge on any atom is 0.219 e. The first kappa shape index (κ1) is 17.0. The Kier molecular flexibility index (Phi) is 4.58. The molecule has 1 N–H and O–H groups in total. The van der Waals surface area contributed by atoms with Gasteiger partial charge >= 0.3 is 0 Å². The summed E-state index contributed by atoms with van der Waals surface area (Å²) in [5, 5.41) is 10.5. The Morgan fingerprint density at radius 1 is 0.846 bits per heavy atom. The van der Waals surface area contributed by atoms with E-state index in [1.807, 2.05) is 36.4 Å². The lowest BCUT2D eigenvalue weighted by Crippen LogP contribution is -2.03. The number of hydrogen-bond acceptors (Lipinski definition) is 3. The van der Waals surface area contributed by atoms with Crippen LogP contribution in [-0.2, 0) is 4.74 Å². The van der Waals surface area contributed by atoms with Crippen LogP contribution in [0.25, 0.3) is 11.1 Å². The van der Waals surface area contributed by atoms with Gasteiger partial charge in [-0.25, -0.2) is 4.99 Å². The summed E-state index contributed by atoms with van der Waals surface area (Å²) in [6, 6.07) is 20.5. The van der Waals surface area contributed by atoms with Crippen molar-refractivity contribution in [3.63, 3.8) is 0 Å². The van der Waals surface area contributed by atoms with Gasteiger partial charge in [0.15, 0.2) is 0 Å². The molecule has 3 aromatic carbocycles. The molecule has 0 bridgehead atoms. The summed E-state index contributed by atoms with van der Waals surface area (Å²) in [5.41, 5.74) is 3.82. The second kappa shape index (κ2) is 7.02. The van der Waals surface area contributed by atoms with Crippen molar-refractivity contribution in [2.24, 2.45) is 4.99 Å². The molecule has 0 amide bonds. The second-order valence-corrected chi connectivity index (χ2v) is 6.84. The summed E-state index contributed by atoms with van der Waals surface area (Å²) in [7, 11) is 0. The third kappa shape index (κ3) is 3.28. The summed E-state index contributed by atoms with van der Waals surface area (Å²) in [4.78, 5) is 4.66. The minimum absolute atomic E-state index is 0.0915. The van der Waals surface area contributed by atoms with Gasteiger partial charge in [-0.2, -0.15) is 0 Å². The number of rotatable bonds is 3. The molecule has 0 saturated carbocycles. The quantitative estimate of drug-likeness (QED) is 0.612. The van der Waals surface area contributed by atoms with E-state index in [4.69, 9.17) is 27.9 Å². The van der Waals surface area contributed by atoms with Crippen molar-refractivity contribution < 1.29 is 9.84 Å². The Labute approximate surface area is 161 Å². The minimum atomic E-state index is -0.0915. The van der Waals surface area contributed by atoms with Crippen molar-refractivity contribution in [2.75, 3.05) is 6.61 Å². The van der Waals surface area contributed by atoms with Gasteiger partial charge in [-0.3, -0.25) is 0 Å². The molecule has 3 aromatic rings. The van der Waals surface area contributed by atoms with Gasteiger partial charge in [0, 0.05) is 0 Å². The van der Waals surface area contributed by atoms with E-state index in [1.165, 1.54) is 0 Å². The zero-order chi connectivity index (χ0) is 18.1. The highest BCUT2D eigenvalue weighted by atomic mass is 35.5. The highest BCUT2D eigenvalue weighted by molar-refractivity contribution is 6.39. The molecule has 4 rings (SSSR count). The van der Waals surface area contributed by atoms with Crippen LogP contribution in [0.4, 0.5) is 0 Å². The van der Waals surface area contributed by atoms with E-state index in [0.717, 1.165) is 16.7 Å². The molecule has 0 radical (unpaired) electrons. The standard InChI is InChI=1S/C21H15Cl2NO2/c22-17-2-1-3-18(23)20(17)21-24-19(12-26-21)15-6-4-13(5-7-15)14-8-10-16(25)11-9-14/h1-11,19,25H,12H2. The zero-order valence-electron chi connectivity index (χ0n) is 13.7. The van der Waals surface area contributed by atoms with E-state index < -0.39 is 0 Å². The van der Waals surface area contributed by atoms with Crippen LogP contribution in [0.2, 0.25) is 10.0 Å². The van der Waals surface area contributed by atoms with Crippen LogP contribution < -0.4 is 0 Å². The molecule has 5 heteroatoms. The molecule has 0 aromatic heterocycles. The van der Waals surface area contributed by atoms with Gasteiger partial charge < -0.3 is 9.84 Å². The van der Waals surface area contributed by atoms with Crippen LogP contribution in [0.15, 0.2) is 71.7 Å². The molecule has 0 spiro atoms. The summed E-state index contributed by atoms with van der Waals surface area (Å²) in [5.74, 6) is 0.738. The molecule has 0 fully saturated rings. The molecular weight excluding hydrogens is 369 g/mol. The van der Waals surface area contributed by atoms with Crippen LogP contribution in [-0.4, -0.2) is 17.6 Å². The lowest BCUT2D eigenvalue weighted by atomic mass is 10.0. The third-order valence-corrected chi connectivity index (χ3v) is 4.95. The average Bonchev–Trinajstić information content (AvgIpc) is 3.12. The van der Waals surface area contributed by atoms with E-state index in [9.17, 15) is 5.11 Å². The van der Waals surface area contributed by atoms with Gasteiger partial charge in [0.2, 0.25) is 5.90 Å². The van der Waals surface area contributed by atoms with Gasteiger partial charge in [-0.05, 0) is 41.0 Å². The van der Waals surface area contributed by atoms with Gasteiger partial charge in [-0.1, -0.05) is 65.7 Å². The van der Waals surface area contributed by atoms with Crippen molar-refractivity contribution in [3.8, 4) is 16.9 Å². The number of nitrogens with zero attached hydrogens (tertiary/aromatic N) is 1. The molecular formula is C21H15Cl2NO2. The van der Waals surface area contributed by atoms with E-state index in [2.05, 4.69) is 4.99 Å². The molecule has 1 atom stereocenters. The highest BCUT2D eigenvalue weighted by Crippen LogP contribution is 2.32. The molecule has 0 aliphatic carbocycles. The number of benzene rings is 3. The zero-order valence-corrected chi connectivity index (χ0v) is 15.2. The van der Waals surface area contributed by atoms with E-state index in [-0.39, 0.29) is 11.8 Å². The number of phenolic OH excluding ortho intramolecular Hbond substituents is 1. The SMILES string of the molecule is Oc1ccc(-c2ccc(C3COC(c4c(Cl)cccc4Cl)=N3)cc2)cc1. The number of aliphatic imine (C=N–C) groups is 1. The van der Waals surface area contributed by atoms with Crippen LogP contribution in [0, 0.1) is 0 Å². The smallest absolute Gasteiger partial charge is 0.219 e. The Balaban J connectivity index is 1.59. The number of aromatic hydroxyl groups is 1. The summed E-state index contributed by atoms with van der Waals surface area (Å²) in [6.07, 6.45) is 0. The topological polar surface area (TPSA) is 41.8 Å². The molecule has 1 heterocycles. The molecule has 0 saturated heterocycles. The summed E-state index contributed by atoms with van der Waals surface area (Å²) in [6.45, 7) is 0.454. The molecule has 1 unspecified atom stereocenters. The van der Waals surface area contributed by atoms with Crippen LogP contribution in [0.3, 0.4) is 0 Å². The number of phenols is 1. The summed E-state index contributed by atoms with van der Waals surface area (Å²) >= 11 is 12.5. The molecule has 3 nitrogen and oxygen atoms in total. The van der Waals surface area contributed by atoms with Gasteiger partial charge in [0.1, 0.15) is 18.4 Å². The normalized spacial score (nSPS) is 16.2. The monoisotopic (exact) mass is 383 g/mol. The number of halogens is 2. The number of hydrogen-bond donors (Lipinski definition) is 1. The minimum Gasteiger partial charge on any atom is -0.508 e.